The maximum atomic E-state index is 12.7. The Hall–Kier alpha value is -1.72. The van der Waals surface area contributed by atoms with Crippen LogP contribution in [0.3, 0.4) is 0 Å². The number of morpholine rings is 1. The largest absolute Gasteiger partial charge is 0.377 e. The monoisotopic (exact) mass is 291 g/mol. The quantitative estimate of drug-likeness (QED) is 0.791. The molecule has 0 spiro atoms. The van der Waals surface area contributed by atoms with Crippen molar-refractivity contribution in [3.63, 3.8) is 0 Å². The fourth-order valence-electron chi connectivity index (χ4n) is 2.37. The zero-order valence-electron chi connectivity index (χ0n) is 10.8. The zero-order chi connectivity index (χ0) is 13.9. The van der Waals surface area contributed by atoms with Gasteiger partial charge in [-0.15, -0.1) is 11.6 Å². The van der Waals surface area contributed by atoms with E-state index in [0.29, 0.717) is 42.2 Å². The molecule has 1 aromatic carbocycles. The van der Waals surface area contributed by atoms with Gasteiger partial charge in [0.25, 0.3) is 5.91 Å². The Kier molecular flexibility index (Phi) is 3.80. The minimum Gasteiger partial charge on any atom is -0.377 e. The van der Waals surface area contributed by atoms with Gasteiger partial charge in [-0.3, -0.25) is 14.8 Å². The molecule has 0 N–H and O–H groups in total. The fraction of sp³-hybridized carbons (Fsp3) is 0.357. The van der Waals surface area contributed by atoms with Crippen molar-refractivity contribution in [2.45, 2.75) is 6.04 Å². The fourth-order valence-corrected chi connectivity index (χ4v) is 2.63. The van der Waals surface area contributed by atoms with Crippen LogP contribution in [0.2, 0.25) is 0 Å². The first-order chi connectivity index (χ1) is 9.81. The van der Waals surface area contributed by atoms with Gasteiger partial charge >= 0.3 is 0 Å². The number of hydrogen-bond donors (Lipinski definition) is 0. The molecule has 3 rings (SSSR count). The van der Waals surface area contributed by atoms with Crippen molar-refractivity contribution in [1.29, 1.82) is 0 Å². The summed E-state index contributed by atoms with van der Waals surface area (Å²) in [4.78, 5) is 23.0. The van der Waals surface area contributed by atoms with E-state index in [2.05, 4.69) is 9.97 Å². The number of ether oxygens (including phenoxy) is 1. The highest BCUT2D eigenvalue weighted by Crippen LogP contribution is 2.19. The first-order valence-electron chi connectivity index (χ1n) is 6.45. The van der Waals surface area contributed by atoms with Gasteiger partial charge in [-0.05, 0) is 12.1 Å². The molecule has 1 aliphatic heterocycles. The molecule has 2 heterocycles. The first-order valence-corrected chi connectivity index (χ1v) is 6.99. The van der Waals surface area contributed by atoms with Gasteiger partial charge < -0.3 is 9.64 Å². The molecule has 0 bridgehead atoms. The second-order valence-electron chi connectivity index (χ2n) is 4.61. The van der Waals surface area contributed by atoms with E-state index in [1.54, 1.807) is 23.4 Å². The Labute approximate surface area is 121 Å². The van der Waals surface area contributed by atoms with Crippen molar-refractivity contribution in [3.8, 4) is 0 Å². The summed E-state index contributed by atoms with van der Waals surface area (Å²) in [5.41, 5.74) is 1.90. The summed E-state index contributed by atoms with van der Waals surface area (Å²) in [6.07, 6.45) is 3.21. The number of rotatable bonds is 2. The summed E-state index contributed by atoms with van der Waals surface area (Å²) in [5.74, 6) is 0.299. The average molecular weight is 292 g/mol. The van der Waals surface area contributed by atoms with Gasteiger partial charge in [0, 0.05) is 24.8 Å². The van der Waals surface area contributed by atoms with E-state index in [9.17, 15) is 4.79 Å². The summed E-state index contributed by atoms with van der Waals surface area (Å²) in [6, 6.07) is 5.35. The van der Waals surface area contributed by atoms with E-state index in [0.717, 1.165) is 0 Å². The molecule has 1 amide bonds. The highest BCUT2D eigenvalue weighted by atomic mass is 35.5. The van der Waals surface area contributed by atoms with Crippen LogP contribution in [-0.2, 0) is 4.74 Å². The molecule has 0 aliphatic carbocycles. The maximum absolute atomic E-state index is 12.7. The third kappa shape index (κ3) is 2.34. The second-order valence-corrected chi connectivity index (χ2v) is 4.92. The van der Waals surface area contributed by atoms with E-state index in [1.807, 2.05) is 12.1 Å². The summed E-state index contributed by atoms with van der Waals surface area (Å²) in [5, 5.41) is 0. The van der Waals surface area contributed by atoms with Crippen LogP contribution in [0.15, 0.2) is 30.6 Å². The predicted molar refractivity (Wildman–Crippen MR) is 75.9 cm³/mol. The number of hydrogen-bond acceptors (Lipinski definition) is 4. The zero-order valence-corrected chi connectivity index (χ0v) is 11.6. The molecule has 1 aliphatic rings. The standard InChI is InChI=1S/C14H14ClN3O2/c15-8-10-9-20-7-6-18(10)14(19)11-2-1-3-12-13(11)17-5-4-16-12/h1-5,10H,6-9H2. The molecule has 2 aromatic rings. The molecule has 104 valence electrons. The molecule has 1 unspecified atom stereocenters. The van der Waals surface area contributed by atoms with Crippen LogP contribution in [0.4, 0.5) is 0 Å². The van der Waals surface area contributed by atoms with E-state index >= 15 is 0 Å². The molecular weight excluding hydrogens is 278 g/mol. The Morgan fingerprint density at radius 1 is 1.40 bits per heavy atom. The average Bonchev–Trinajstić information content (AvgIpc) is 2.53. The lowest BCUT2D eigenvalue weighted by molar-refractivity contribution is 0.00466. The van der Waals surface area contributed by atoms with E-state index in [1.165, 1.54) is 0 Å². The topological polar surface area (TPSA) is 55.3 Å². The Morgan fingerprint density at radius 3 is 3.10 bits per heavy atom. The number of fused-ring (bicyclic) bond motifs is 1. The predicted octanol–water partition coefficient (Wildman–Crippen LogP) is 1.71. The van der Waals surface area contributed by atoms with Gasteiger partial charge in [-0.1, -0.05) is 6.07 Å². The minimum atomic E-state index is -0.0927. The molecule has 20 heavy (non-hydrogen) atoms. The van der Waals surface area contributed by atoms with Crippen LogP contribution in [0, 0.1) is 0 Å². The van der Waals surface area contributed by atoms with Gasteiger partial charge in [0.15, 0.2) is 0 Å². The van der Waals surface area contributed by atoms with E-state index in [4.69, 9.17) is 16.3 Å². The molecule has 6 heteroatoms. The first kappa shape index (κ1) is 13.3. The molecule has 1 aromatic heterocycles. The van der Waals surface area contributed by atoms with Crippen molar-refractivity contribution < 1.29 is 9.53 Å². The third-order valence-corrected chi connectivity index (χ3v) is 3.75. The van der Waals surface area contributed by atoms with Gasteiger partial charge in [0.1, 0.15) is 5.52 Å². The number of para-hydroxylation sites is 1. The summed E-state index contributed by atoms with van der Waals surface area (Å²) in [7, 11) is 0. The van der Waals surface area contributed by atoms with Crippen molar-refractivity contribution in [3.05, 3.63) is 36.2 Å². The molecule has 5 nitrogen and oxygen atoms in total. The van der Waals surface area contributed by atoms with Gasteiger partial charge in [-0.25, -0.2) is 0 Å². The molecule has 1 atom stereocenters. The van der Waals surface area contributed by atoms with Crippen LogP contribution in [-0.4, -0.2) is 52.5 Å². The number of carbonyl (C=O) groups excluding carboxylic acids is 1. The van der Waals surface area contributed by atoms with Crippen LogP contribution >= 0.6 is 11.6 Å². The smallest absolute Gasteiger partial charge is 0.256 e. The number of carbonyl (C=O) groups is 1. The lowest BCUT2D eigenvalue weighted by Crippen LogP contribution is -2.49. The number of alkyl halides is 1. The Balaban J connectivity index is 1.99. The van der Waals surface area contributed by atoms with Gasteiger partial charge in [0.05, 0.1) is 30.3 Å². The van der Waals surface area contributed by atoms with E-state index < -0.39 is 0 Å². The third-order valence-electron chi connectivity index (χ3n) is 3.40. The van der Waals surface area contributed by atoms with Crippen molar-refractivity contribution in [2.24, 2.45) is 0 Å². The van der Waals surface area contributed by atoms with Crippen molar-refractivity contribution in [1.82, 2.24) is 14.9 Å². The molecule has 1 fully saturated rings. The van der Waals surface area contributed by atoms with Gasteiger partial charge in [-0.2, -0.15) is 0 Å². The number of amides is 1. The van der Waals surface area contributed by atoms with Crippen molar-refractivity contribution in [2.75, 3.05) is 25.6 Å². The number of halogens is 1. The normalized spacial score (nSPS) is 19.2. The SMILES string of the molecule is O=C(c1cccc2nccnc12)N1CCOCC1CCl. The molecular formula is C14H14ClN3O2. The van der Waals surface area contributed by atoms with Crippen LogP contribution in [0.1, 0.15) is 10.4 Å². The molecule has 0 saturated carbocycles. The lowest BCUT2D eigenvalue weighted by atomic mass is 10.1. The van der Waals surface area contributed by atoms with Crippen LogP contribution < -0.4 is 0 Å². The second kappa shape index (κ2) is 5.73. The number of benzene rings is 1. The Bertz CT molecular complexity index is 629. The van der Waals surface area contributed by atoms with Crippen LogP contribution in [0.5, 0.6) is 0 Å². The highest BCUT2D eigenvalue weighted by molar-refractivity contribution is 6.18. The molecule has 1 saturated heterocycles. The van der Waals surface area contributed by atoms with Gasteiger partial charge in [0.2, 0.25) is 0 Å². The summed E-state index contributed by atoms with van der Waals surface area (Å²) in [6.45, 7) is 1.56. The molecule has 0 radical (unpaired) electrons. The Morgan fingerprint density at radius 2 is 2.25 bits per heavy atom. The summed E-state index contributed by atoms with van der Waals surface area (Å²) >= 11 is 5.92. The lowest BCUT2D eigenvalue weighted by Gasteiger charge is -2.34. The number of nitrogens with zero attached hydrogens (tertiary/aromatic N) is 3. The van der Waals surface area contributed by atoms with Crippen molar-refractivity contribution >= 4 is 28.5 Å². The number of aromatic nitrogens is 2. The summed E-state index contributed by atoms with van der Waals surface area (Å²) < 4.78 is 5.37. The minimum absolute atomic E-state index is 0.0648. The maximum Gasteiger partial charge on any atom is 0.256 e. The van der Waals surface area contributed by atoms with E-state index in [-0.39, 0.29) is 11.9 Å². The highest BCUT2D eigenvalue weighted by Gasteiger charge is 2.28. The van der Waals surface area contributed by atoms with Crippen LogP contribution in [0.25, 0.3) is 11.0 Å².